The van der Waals surface area contributed by atoms with Crippen LogP contribution in [0.25, 0.3) is 11.3 Å². The van der Waals surface area contributed by atoms with Crippen LogP contribution in [0, 0.1) is 0 Å². The lowest BCUT2D eigenvalue weighted by molar-refractivity contribution is -0.902. The predicted molar refractivity (Wildman–Crippen MR) is 83.8 cm³/mol. The Balaban J connectivity index is 2.21. The molecule has 0 atom stereocenters. The predicted octanol–water partition coefficient (Wildman–Crippen LogP) is 2.49. The van der Waals surface area contributed by atoms with Crippen LogP contribution in [0.5, 0.6) is 0 Å². The first kappa shape index (κ1) is 14.6. The molecule has 0 amide bonds. The zero-order chi connectivity index (χ0) is 14.4. The van der Waals surface area contributed by atoms with Gasteiger partial charge in [-0.15, -0.1) is 0 Å². The number of aromatic nitrogens is 2. The van der Waals surface area contributed by atoms with Crippen molar-refractivity contribution in [3.8, 4) is 11.3 Å². The second-order valence-corrected chi connectivity index (χ2v) is 5.13. The molecule has 0 aliphatic carbocycles. The lowest BCUT2D eigenvalue weighted by Crippen LogP contribution is -3.10. The number of nitrogens with zero attached hydrogens (tertiary/aromatic N) is 1. The highest BCUT2D eigenvalue weighted by molar-refractivity contribution is 6.30. The van der Waals surface area contributed by atoms with Gasteiger partial charge in [0.1, 0.15) is 6.54 Å². The van der Waals surface area contributed by atoms with Crippen LogP contribution < -0.4 is 4.90 Å². The lowest BCUT2D eigenvalue weighted by atomic mass is 10.1. The molecule has 1 heterocycles. The number of hydrogen-bond acceptors (Lipinski definition) is 1. The molecule has 2 N–H and O–H groups in total. The molecule has 2 aromatic rings. The van der Waals surface area contributed by atoms with Crippen LogP contribution in [0.2, 0.25) is 5.02 Å². The number of nitrogens with one attached hydrogen (secondary N) is 2. The van der Waals surface area contributed by atoms with Crippen molar-refractivity contribution < 1.29 is 4.90 Å². The van der Waals surface area contributed by atoms with Gasteiger partial charge >= 0.3 is 0 Å². The average molecular weight is 289 g/mol. The van der Waals surface area contributed by atoms with Crippen molar-refractivity contribution in [2.75, 3.05) is 13.1 Å². The largest absolute Gasteiger partial charge is 0.325 e. The minimum Gasteiger partial charge on any atom is -0.325 e. The summed E-state index contributed by atoms with van der Waals surface area (Å²) in [5.41, 5.74) is 3.33. The van der Waals surface area contributed by atoms with E-state index in [1.807, 2.05) is 42.6 Å². The quantitative estimate of drug-likeness (QED) is 0.754. The fourth-order valence-corrected chi connectivity index (χ4v) is 2.34. The Bertz CT molecular complexity index is 562. The van der Waals surface area contributed by atoms with Gasteiger partial charge in [0, 0.05) is 10.6 Å². The van der Waals surface area contributed by atoms with Gasteiger partial charge in [-0.2, -0.15) is 5.10 Å². The molecule has 1 aromatic heterocycles. The molecule has 2 rings (SSSR count). The first-order chi connectivity index (χ1) is 9.74. The van der Waals surface area contributed by atoms with Gasteiger partial charge in [-0.3, -0.25) is 5.10 Å². The molecule has 1 aromatic carbocycles. The number of rotatable bonds is 7. The maximum absolute atomic E-state index is 5.93. The van der Waals surface area contributed by atoms with E-state index in [9.17, 15) is 0 Å². The molecular weight excluding hydrogens is 270 g/mol. The van der Waals surface area contributed by atoms with Gasteiger partial charge in [-0.1, -0.05) is 36.9 Å². The van der Waals surface area contributed by atoms with Crippen LogP contribution in [0.1, 0.15) is 5.56 Å². The number of hydrogen-bond donors (Lipinski definition) is 2. The van der Waals surface area contributed by atoms with Crippen molar-refractivity contribution in [1.82, 2.24) is 10.2 Å². The van der Waals surface area contributed by atoms with E-state index in [-0.39, 0.29) is 0 Å². The van der Waals surface area contributed by atoms with Crippen molar-refractivity contribution in [2.45, 2.75) is 6.54 Å². The topological polar surface area (TPSA) is 33.1 Å². The van der Waals surface area contributed by atoms with Gasteiger partial charge in [0.25, 0.3) is 0 Å². The molecule has 0 spiro atoms. The molecule has 0 unspecified atom stereocenters. The van der Waals surface area contributed by atoms with E-state index in [4.69, 9.17) is 11.6 Å². The van der Waals surface area contributed by atoms with E-state index in [2.05, 4.69) is 23.4 Å². The van der Waals surface area contributed by atoms with Gasteiger partial charge in [0.2, 0.25) is 0 Å². The van der Waals surface area contributed by atoms with E-state index in [0.29, 0.717) is 0 Å². The van der Waals surface area contributed by atoms with E-state index < -0.39 is 0 Å². The number of benzene rings is 1. The molecule has 0 aliphatic heterocycles. The molecule has 0 aliphatic rings. The van der Waals surface area contributed by atoms with Crippen LogP contribution in [0.4, 0.5) is 0 Å². The second kappa shape index (κ2) is 7.08. The molecule has 0 saturated carbocycles. The monoisotopic (exact) mass is 288 g/mol. The Morgan fingerprint density at radius 1 is 1.15 bits per heavy atom. The standard InChI is InChI=1S/C16H18ClN3/c1-3-9-20(10-4-2)12-14-11-18-19-16(14)13-5-7-15(17)8-6-13/h3-8,11H,1-2,9-10,12H2,(H,18,19)/p+1. The summed E-state index contributed by atoms with van der Waals surface area (Å²) in [4.78, 5) is 1.38. The molecule has 0 radical (unpaired) electrons. The third-order valence-electron chi connectivity index (χ3n) is 3.16. The van der Waals surface area contributed by atoms with Crippen LogP contribution in [0.3, 0.4) is 0 Å². The van der Waals surface area contributed by atoms with Gasteiger partial charge in [0.05, 0.1) is 30.5 Å². The minimum atomic E-state index is 0.736. The molecule has 0 saturated heterocycles. The molecule has 3 nitrogen and oxygen atoms in total. The summed E-state index contributed by atoms with van der Waals surface area (Å²) in [6, 6.07) is 7.78. The summed E-state index contributed by atoms with van der Waals surface area (Å²) in [5, 5.41) is 7.98. The number of halogens is 1. The van der Waals surface area contributed by atoms with Crippen LogP contribution in [-0.4, -0.2) is 23.3 Å². The van der Waals surface area contributed by atoms with Crippen LogP contribution in [-0.2, 0) is 6.54 Å². The maximum Gasteiger partial charge on any atom is 0.107 e. The van der Waals surface area contributed by atoms with Gasteiger partial charge in [-0.25, -0.2) is 0 Å². The average Bonchev–Trinajstić information content (AvgIpc) is 2.88. The van der Waals surface area contributed by atoms with Crippen molar-refractivity contribution in [2.24, 2.45) is 0 Å². The SMILES string of the molecule is C=CC[NH+](CC=C)Cc1cn[nH]c1-c1ccc(Cl)cc1. The Kier molecular flexibility index (Phi) is 5.16. The summed E-state index contributed by atoms with van der Waals surface area (Å²) < 4.78 is 0. The van der Waals surface area contributed by atoms with E-state index in [1.165, 1.54) is 10.5 Å². The van der Waals surface area contributed by atoms with Gasteiger partial charge in [0.15, 0.2) is 0 Å². The van der Waals surface area contributed by atoms with Crippen LogP contribution in [0.15, 0.2) is 55.8 Å². The number of quaternary nitrogens is 1. The highest BCUT2D eigenvalue weighted by Crippen LogP contribution is 2.22. The fourth-order valence-electron chi connectivity index (χ4n) is 2.22. The number of H-pyrrole nitrogens is 1. The second-order valence-electron chi connectivity index (χ2n) is 4.69. The van der Waals surface area contributed by atoms with E-state index in [0.717, 1.165) is 35.9 Å². The number of aromatic amines is 1. The molecule has 0 fully saturated rings. The van der Waals surface area contributed by atoms with Crippen molar-refractivity contribution in [3.05, 3.63) is 66.4 Å². The van der Waals surface area contributed by atoms with Crippen molar-refractivity contribution >= 4 is 11.6 Å². The highest BCUT2D eigenvalue weighted by atomic mass is 35.5. The fraction of sp³-hybridized carbons (Fsp3) is 0.188. The Morgan fingerprint density at radius 2 is 1.80 bits per heavy atom. The zero-order valence-corrected chi connectivity index (χ0v) is 12.2. The first-order valence-electron chi connectivity index (χ1n) is 6.58. The summed E-state index contributed by atoms with van der Waals surface area (Å²) in [6.45, 7) is 10.3. The molecule has 104 valence electrons. The Morgan fingerprint density at radius 3 is 2.40 bits per heavy atom. The minimum absolute atomic E-state index is 0.736. The van der Waals surface area contributed by atoms with Crippen LogP contribution >= 0.6 is 11.6 Å². The van der Waals surface area contributed by atoms with Gasteiger partial charge in [-0.05, 0) is 24.3 Å². The third-order valence-corrected chi connectivity index (χ3v) is 3.41. The summed E-state index contributed by atoms with van der Waals surface area (Å²) in [5.74, 6) is 0. The first-order valence-corrected chi connectivity index (χ1v) is 6.96. The van der Waals surface area contributed by atoms with Gasteiger partial charge < -0.3 is 4.90 Å². The Labute approximate surface area is 124 Å². The maximum atomic E-state index is 5.93. The summed E-state index contributed by atoms with van der Waals surface area (Å²) >= 11 is 5.93. The van der Waals surface area contributed by atoms with Crippen molar-refractivity contribution in [3.63, 3.8) is 0 Å². The van der Waals surface area contributed by atoms with E-state index >= 15 is 0 Å². The van der Waals surface area contributed by atoms with Crippen molar-refractivity contribution in [1.29, 1.82) is 0 Å². The molecule has 20 heavy (non-hydrogen) atoms. The lowest BCUT2D eigenvalue weighted by Gasteiger charge is -2.15. The summed E-state index contributed by atoms with van der Waals surface area (Å²) in [6.07, 6.45) is 5.75. The molecule has 0 bridgehead atoms. The normalized spacial score (nSPS) is 10.7. The zero-order valence-electron chi connectivity index (χ0n) is 11.4. The molecule has 4 heteroatoms. The Hall–Kier alpha value is -1.84. The summed E-state index contributed by atoms with van der Waals surface area (Å²) in [7, 11) is 0. The van der Waals surface area contributed by atoms with E-state index in [1.54, 1.807) is 0 Å². The third kappa shape index (κ3) is 3.59. The highest BCUT2D eigenvalue weighted by Gasteiger charge is 2.13. The molecular formula is C16H19ClN3+. The smallest absolute Gasteiger partial charge is 0.107 e.